The van der Waals surface area contributed by atoms with Gasteiger partial charge in [-0.25, -0.2) is 4.39 Å². The fourth-order valence-corrected chi connectivity index (χ4v) is 4.94. The molecule has 1 fully saturated rings. The maximum Gasteiger partial charge on any atom is 0.245 e. The molecule has 5 rings (SSSR count). The van der Waals surface area contributed by atoms with Gasteiger partial charge in [-0.15, -0.1) is 0 Å². The van der Waals surface area contributed by atoms with Crippen LogP contribution in [0.3, 0.4) is 0 Å². The highest BCUT2D eigenvalue weighted by Crippen LogP contribution is 2.28. The Kier molecular flexibility index (Phi) is 8.26. The summed E-state index contributed by atoms with van der Waals surface area (Å²) in [6.45, 7) is 0.993. The van der Waals surface area contributed by atoms with Crippen LogP contribution in [0.5, 0.6) is 0 Å². The summed E-state index contributed by atoms with van der Waals surface area (Å²) in [5.74, 6) is -1.65. The molecule has 0 spiro atoms. The number of rotatable bonds is 11. The van der Waals surface area contributed by atoms with Crippen molar-refractivity contribution in [2.45, 2.75) is 45.3 Å². The van der Waals surface area contributed by atoms with Gasteiger partial charge in [-0.3, -0.25) is 23.9 Å². The number of nitrogens with one attached hydrogen (secondary N) is 1. The van der Waals surface area contributed by atoms with Gasteiger partial charge in [0.05, 0.1) is 17.1 Å². The quantitative estimate of drug-likeness (QED) is 0.260. The summed E-state index contributed by atoms with van der Waals surface area (Å²) in [4.78, 5) is 52.7. The number of carbonyl (C=O) groups is 4. The van der Waals surface area contributed by atoms with E-state index in [1.807, 2.05) is 6.07 Å². The van der Waals surface area contributed by atoms with Crippen molar-refractivity contribution >= 4 is 45.9 Å². The largest absolute Gasteiger partial charge is 0.350 e. The van der Waals surface area contributed by atoms with E-state index in [0.29, 0.717) is 16.5 Å². The molecule has 1 N–H and O–H groups in total. The lowest BCUT2D eigenvalue weighted by Crippen LogP contribution is -2.43. The summed E-state index contributed by atoms with van der Waals surface area (Å²) in [6.07, 6.45) is 1.71. The summed E-state index contributed by atoms with van der Waals surface area (Å²) in [5.41, 5.74) is 2.37. The van der Waals surface area contributed by atoms with Gasteiger partial charge >= 0.3 is 0 Å². The van der Waals surface area contributed by atoms with Gasteiger partial charge in [0, 0.05) is 42.4 Å². The molecule has 0 radical (unpaired) electrons. The minimum Gasteiger partial charge on any atom is -0.350 e. The number of ketones is 2. The Bertz CT molecular complexity index is 1650. The van der Waals surface area contributed by atoms with Crippen LogP contribution in [0, 0.1) is 5.82 Å². The molecule has 1 aliphatic rings. The Labute approximate surface area is 241 Å². The number of aromatic nitrogens is 2. The number of fused-ring (bicyclic) bond motifs is 1. The van der Waals surface area contributed by atoms with Crippen molar-refractivity contribution in [1.29, 1.82) is 0 Å². The molecule has 210 valence electrons. The number of amides is 2. The standard InChI is InChI=1S/C31H28ClFN4O4/c1-19(38)31-24-14-20(15-27(39)21-6-3-2-4-7-21)10-13-26(24)37(35-31)18-29(41)36(23-11-12-23)17-28(40)34-16-22-8-5-9-25(32)30(22)33/h2-10,13-14,23H,11-12,15-18H2,1H3,(H,34,40). The number of hydrogen-bond donors (Lipinski definition) is 1. The van der Waals surface area contributed by atoms with Gasteiger partial charge in [-0.05, 0) is 36.6 Å². The molecular weight excluding hydrogens is 547 g/mol. The van der Waals surface area contributed by atoms with Gasteiger partial charge in [0.1, 0.15) is 18.1 Å². The van der Waals surface area contributed by atoms with E-state index in [9.17, 15) is 23.6 Å². The van der Waals surface area contributed by atoms with E-state index in [-0.39, 0.29) is 65.9 Å². The van der Waals surface area contributed by atoms with Gasteiger partial charge in [-0.2, -0.15) is 5.10 Å². The topological polar surface area (TPSA) is 101 Å². The zero-order valence-electron chi connectivity index (χ0n) is 22.4. The second kappa shape index (κ2) is 12.0. The third-order valence-corrected chi connectivity index (χ3v) is 7.32. The zero-order valence-corrected chi connectivity index (χ0v) is 23.2. The molecule has 41 heavy (non-hydrogen) atoms. The smallest absolute Gasteiger partial charge is 0.245 e. The van der Waals surface area contributed by atoms with Crippen molar-refractivity contribution in [1.82, 2.24) is 20.0 Å². The molecule has 1 heterocycles. The molecular formula is C31H28ClFN4O4. The number of carbonyl (C=O) groups excluding carboxylic acids is 4. The normalized spacial score (nSPS) is 12.8. The van der Waals surface area contributed by atoms with Crippen LogP contribution >= 0.6 is 11.6 Å². The zero-order chi connectivity index (χ0) is 29.1. The van der Waals surface area contributed by atoms with Crippen molar-refractivity contribution in [2.75, 3.05) is 6.54 Å². The van der Waals surface area contributed by atoms with Crippen LogP contribution < -0.4 is 5.32 Å². The first-order valence-corrected chi connectivity index (χ1v) is 13.7. The fourth-order valence-electron chi connectivity index (χ4n) is 4.74. The third kappa shape index (κ3) is 6.52. The summed E-state index contributed by atoms with van der Waals surface area (Å²) in [6, 6.07) is 18.8. The Morgan fingerprint density at radius 2 is 1.80 bits per heavy atom. The van der Waals surface area contributed by atoms with E-state index in [4.69, 9.17) is 11.6 Å². The summed E-state index contributed by atoms with van der Waals surface area (Å²) in [5, 5.41) is 7.61. The minimum atomic E-state index is -0.594. The maximum atomic E-state index is 14.2. The number of halogens is 2. The summed E-state index contributed by atoms with van der Waals surface area (Å²) >= 11 is 5.82. The molecule has 0 atom stereocenters. The molecule has 4 aromatic rings. The highest BCUT2D eigenvalue weighted by atomic mass is 35.5. The van der Waals surface area contributed by atoms with Crippen LogP contribution in [0.15, 0.2) is 66.7 Å². The molecule has 1 saturated carbocycles. The molecule has 3 aromatic carbocycles. The Hall–Kier alpha value is -4.37. The van der Waals surface area contributed by atoms with E-state index in [1.165, 1.54) is 28.6 Å². The first kappa shape index (κ1) is 28.2. The van der Waals surface area contributed by atoms with E-state index in [1.54, 1.807) is 48.5 Å². The molecule has 0 aliphatic heterocycles. The molecule has 0 saturated heterocycles. The van der Waals surface area contributed by atoms with Crippen LogP contribution in [0.1, 0.15) is 51.7 Å². The van der Waals surface area contributed by atoms with Gasteiger partial charge in [-0.1, -0.05) is 60.1 Å². The number of nitrogens with zero attached hydrogens (tertiary/aromatic N) is 3. The van der Waals surface area contributed by atoms with Gasteiger partial charge in [0.2, 0.25) is 11.8 Å². The number of Topliss-reactive ketones (excluding diaryl/α,β-unsaturated/α-hetero) is 2. The predicted octanol–water partition coefficient (Wildman–Crippen LogP) is 4.76. The van der Waals surface area contributed by atoms with Crippen molar-refractivity contribution in [2.24, 2.45) is 0 Å². The van der Waals surface area contributed by atoms with Gasteiger partial charge in [0.25, 0.3) is 0 Å². The van der Waals surface area contributed by atoms with Crippen molar-refractivity contribution < 1.29 is 23.6 Å². The van der Waals surface area contributed by atoms with Gasteiger partial charge < -0.3 is 10.2 Å². The average molecular weight is 575 g/mol. The highest BCUT2D eigenvalue weighted by Gasteiger charge is 2.34. The van der Waals surface area contributed by atoms with Crippen LogP contribution in [0.25, 0.3) is 10.9 Å². The maximum absolute atomic E-state index is 14.2. The predicted molar refractivity (Wildman–Crippen MR) is 152 cm³/mol. The van der Waals surface area contributed by atoms with Crippen molar-refractivity contribution in [3.8, 4) is 0 Å². The second-order valence-electron chi connectivity index (χ2n) is 10.1. The highest BCUT2D eigenvalue weighted by molar-refractivity contribution is 6.30. The van der Waals surface area contributed by atoms with E-state index < -0.39 is 11.7 Å². The lowest BCUT2D eigenvalue weighted by atomic mass is 10.0. The fraction of sp³-hybridized carbons (Fsp3) is 0.258. The Balaban J connectivity index is 1.30. The molecule has 0 bridgehead atoms. The lowest BCUT2D eigenvalue weighted by Gasteiger charge is -2.22. The SMILES string of the molecule is CC(=O)c1nn(CC(=O)N(CC(=O)NCc2cccc(Cl)c2F)C2CC2)c2ccc(CC(=O)c3ccccc3)cc12. The molecule has 1 aromatic heterocycles. The molecule has 1 aliphatic carbocycles. The lowest BCUT2D eigenvalue weighted by molar-refractivity contribution is -0.137. The van der Waals surface area contributed by atoms with E-state index in [0.717, 1.165) is 18.4 Å². The van der Waals surface area contributed by atoms with E-state index in [2.05, 4.69) is 10.4 Å². The van der Waals surface area contributed by atoms with Crippen LogP contribution in [0.4, 0.5) is 4.39 Å². The van der Waals surface area contributed by atoms with E-state index >= 15 is 0 Å². The van der Waals surface area contributed by atoms with Crippen LogP contribution in [-0.4, -0.2) is 50.6 Å². The minimum absolute atomic E-state index is 0.0298. The first-order chi connectivity index (χ1) is 19.7. The summed E-state index contributed by atoms with van der Waals surface area (Å²) in [7, 11) is 0. The molecule has 8 nitrogen and oxygen atoms in total. The van der Waals surface area contributed by atoms with Crippen LogP contribution in [0.2, 0.25) is 5.02 Å². The molecule has 2 amide bonds. The number of hydrogen-bond acceptors (Lipinski definition) is 5. The Morgan fingerprint density at radius 1 is 1.05 bits per heavy atom. The summed E-state index contributed by atoms with van der Waals surface area (Å²) < 4.78 is 15.6. The second-order valence-corrected chi connectivity index (χ2v) is 10.5. The monoisotopic (exact) mass is 574 g/mol. The van der Waals surface area contributed by atoms with Crippen molar-refractivity contribution in [3.63, 3.8) is 0 Å². The molecule has 10 heteroatoms. The van der Waals surface area contributed by atoms with Crippen LogP contribution in [-0.2, 0) is 29.1 Å². The average Bonchev–Trinajstić information content (AvgIpc) is 3.74. The third-order valence-electron chi connectivity index (χ3n) is 7.02. The van der Waals surface area contributed by atoms with Gasteiger partial charge in [0.15, 0.2) is 11.6 Å². The molecule has 0 unspecified atom stereocenters. The Morgan fingerprint density at radius 3 is 2.51 bits per heavy atom. The first-order valence-electron chi connectivity index (χ1n) is 13.3. The number of benzene rings is 3. The van der Waals surface area contributed by atoms with Crippen molar-refractivity contribution in [3.05, 3.63) is 100.0 Å².